The first-order valence-corrected chi connectivity index (χ1v) is 6.25. The molecule has 1 heterocycles. The molecule has 2 unspecified atom stereocenters. The van der Waals surface area contributed by atoms with E-state index in [2.05, 4.69) is 10.4 Å². The van der Waals surface area contributed by atoms with Crippen molar-refractivity contribution in [2.75, 3.05) is 6.61 Å². The van der Waals surface area contributed by atoms with Crippen LogP contribution in [0.15, 0.2) is 4.79 Å². The van der Waals surface area contributed by atoms with Gasteiger partial charge in [-0.15, -0.1) is 0 Å². The lowest BCUT2D eigenvalue weighted by atomic mass is 10.0. The van der Waals surface area contributed by atoms with E-state index in [9.17, 15) is 9.59 Å². The number of amides is 1. The van der Waals surface area contributed by atoms with E-state index in [-0.39, 0.29) is 24.1 Å². The Bertz CT molecular complexity index is 537. The van der Waals surface area contributed by atoms with Crippen LogP contribution in [0.25, 0.3) is 0 Å². The minimum absolute atomic E-state index is 0.0200. The number of carbonyl (C=O) groups excluding carboxylic acids is 1. The summed E-state index contributed by atoms with van der Waals surface area (Å²) in [5.41, 5.74) is 0.941. The van der Waals surface area contributed by atoms with Gasteiger partial charge in [0.15, 0.2) is 0 Å². The Labute approximate surface area is 112 Å². The first-order valence-electron chi connectivity index (χ1n) is 6.25. The third-order valence-electron chi connectivity index (χ3n) is 3.45. The average Bonchev–Trinajstić information content (AvgIpc) is 2.35. The van der Waals surface area contributed by atoms with Crippen LogP contribution in [0.1, 0.15) is 35.5 Å². The molecule has 1 amide bonds. The van der Waals surface area contributed by atoms with E-state index in [4.69, 9.17) is 5.11 Å². The largest absolute Gasteiger partial charge is 0.396 e. The summed E-state index contributed by atoms with van der Waals surface area (Å²) in [6, 6.07) is -0.213. The number of rotatable bonds is 4. The monoisotopic (exact) mass is 267 g/mol. The maximum atomic E-state index is 12.2. The normalized spacial score (nSPS) is 14.0. The fourth-order valence-electron chi connectivity index (χ4n) is 1.70. The Morgan fingerprint density at radius 3 is 2.53 bits per heavy atom. The Hall–Kier alpha value is -1.69. The molecular weight excluding hydrogens is 246 g/mol. The summed E-state index contributed by atoms with van der Waals surface area (Å²) < 4.78 is 1.16. The standard InChI is InChI=1S/C13H21N3O3/c1-7(6-17)9(3)14-12(18)11-8(2)10(4)15-16(5)13(11)19/h7,9,17H,6H2,1-5H3,(H,14,18). The zero-order chi connectivity index (χ0) is 14.7. The summed E-state index contributed by atoms with van der Waals surface area (Å²) in [5, 5.41) is 15.8. The van der Waals surface area contributed by atoms with Crippen molar-refractivity contribution >= 4 is 5.91 Å². The molecule has 0 aliphatic heterocycles. The first-order chi connectivity index (χ1) is 8.79. The minimum atomic E-state index is -0.420. The molecule has 6 nitrogen and oxygen atoms in total. The Morgan fingerprint density at radius 1 is 1.42 bits per heavy atom. The Balaban J connectivity index is 3.11. The molecule has 0 aromatic carbocycles. The molecule has 2 atom stereocenters. The highest BCUT2D eigenvalue weighted by atomic mass is 16.3. The summed E-state index contributed by atoms with van der Waals surface area (Å²) in [7, 11) is 1.52. The van der Waals surface area contributed by atoms with Gasteiger partial charge < -0.3 is 10.4 Å². The van der Waals surface area contributed by atoms with Crippen LogP contribution in [0.3, 0.4) is 0 Å². The lowest BCUT2D eigenvalue weighted by Gasteiger charge is -2.20. The van der Waals surface area contributed by atoms with E-state index in [1.165, 1.54) is 7.05 Å². The van der Waals surface area contributed by atoms with Crippen LogP contribution >= 0.6 is 0 Å². The summed E-state index contributed by atoms with van der Waals surface area (Å²) in [4.78, 5) is 24.2. The van der Waals surface area contributed by atoms with Gasteiger partial charge >= 0.3 is 0 Å². The van der Waals surface area contributed by atoms with Crippen LogP contribution in [0.2, 0.25) is 0 Å². The van der Waals surface area contributed by atoms with E-state index in [1.54, 1.807) is 20.8 Å². The topological polar surface area (TPSA) is 84.2 Å². The predicted octanol–water partition coefficient (Wildman–Crippen LogP) is 0.144. The van der Waals surface area contributed by atoms with Crippen LogP contribution in [-0.2, 0) is 7.05 Å². The maximum absolute atomic E-state index is 12.2. The molecule has 1 aromatic rings. The summed E-state index contributed by atoms with van der Waals surface area (Å²) in [6.45, 7) is 7.07. The van der Waals surface area contributed by atoms with Gasteiger partial charge in [0.2, 0.25) is 0 Å². The highest BCUT2D eigenvalue weighted by molar-refractivity contribution is 5.95. The highest BCUT2D eigenvalue weighted by Crippen LogP contribution is 2.07. The number of hydrogen-bond donors (Lipinski definition) is 2. The van der Waals surface area contributed by atoms with Crippen LogP contribution in [0.5, 0.6) is 0 Å². The van der Waals surface area contributed by atoms with Crippen molar-refractivity contribution in [1.82, 2.24) is 15.1 Å². The molecule has 0 aliphatic carbocycles. The minimum Gasteiger partial charge on any atom is -0.396 e. The average molecular weight is 267 g/mol. The lowest BCUT2D eigenvalue weighted by Crippen LogP contribution is -2.42. The van der Waals surface area contributed by atoms with Gasteiger partial charge in [0, 0.05) is 19.7 Å². The van der Waals surface area contributed by atoms with E-state index in [0.717, 1.165) is 4.68 Å². The lowest BCUT2D eigenvalue weighted by molar-refractivity contribution is 0.0913. The molecule has 2 N–H and O–H groups in total. The molecule has 0 spiro atoms. The summed E-state index contributed by atoms with van der Waals surface area (Å²) in [5.74, 6) is -0.493. The van der Waals surface area contributed by atoms with Gasteiger partial charge in [-0.2, -0.15) is 5.10 Å². The van der Waals surface area contributed by atoms with Crippen molar-refractivity contribution in [3.8, 4) is 0 Å². The van der Waals surface area contributed by atoms with Gasteiger partial charge in [-0.3, -0.25) is 9.59 Å². The fourth-order valence-corrected chi connectivity index (χ4v) is 1.70. The Kier molecular flexibility index (Phi) is 4.83. The second kappa shape index (κ2) is 5.97. The van der Waals surface area contributed by atoms with Crippen molar-refractivity contribution in [2.24, 2.45) is 13.0 Å². The molecular formula is C13H21N3O3. The number of nitrogens with zero attached hydrogens (tertiary/aromatic N) is 2. The molecule has 106 valence electrons. The molecule has 0 radical (unpaired) electrons. The molecule has 19 heavy (non-hydrogen) atoms. The van der Waals surface area contributed by atoms with Gasteiger partial charge in [-0.1, -0.05) is 6.92 Å². The Morgan fingerprint density at radius 2 is 2.00 bits per heavy atom. The number of hydrogen-bond acceptors (Lipinski definition) is 4. The third kappa shape index (κ3) is 3.20. The van der Waals surface area contributed by atoms with Crippen molar-refractivity contribution in [1.29, 1.82) is 0 Å². The second-order valence-electron chi connectivity index (χ2n) is 4.94. The molecule has 1 rings (SSSR count). The summed E-state index contributed by atoms with van der Waals surface area (Å²) >= 11 is 0. The number of aliphatic hydroxyl groups is 1. The van der Waals surface area contributed by atoms with Gasteiger partial charge in [0.1, 0.15) is 5.56 Å². The molecule has 0 aliphatic rings. The smallest absolute Gasteiger partial charge is 0.279 e. The number of aliphatic hydroxyl groups excluding tert-OH is 1. The van der Waals surface area contributed by atoms with Crippen molar-refractivity contribution < 1.29 is 9.90 Å². The number of carbonyl (C=O) groups is 1. The third-order valence-corrected chi connectivity index (χ3v) is 3.45. The molecule has 0 saturated carbocycles. The van der Waals surface area contributed by atoms with Crippen LogP contribution in [-0.4, -0.2) is 33.4 Å². The molecule has 6 heteroatoms. The van der Waals surface area contributed by atoms with Crippen molar-refractivity contribution in [3.63, 3.8) is 0 Å². The predicted molar refractivity (Wildman–Crippen MR) is 72.1 cm³/mol. The van der Waals surface area contributed by atoms with E-state index >= 15 is 0 Å². The molecule has 0 fully saturated rings. The number of nitrogens with one attached hydrogen (secondary N) is 1. The summed E-state index contributed by atoms with van der Waals surface area (Å²) in [6.07, 6.45) is 0. The van der Waals surface area contributed by atoms with E-state index in [0.29, 0.717) is 11.3 Å². The van der Waals surface area contributed by atoms with E-state index < -0.39 is 11.5 Å². The zero-order valence-corrected chi connectivity index (χ0v) is 12.0. The zero-order valence-electron chi connectivity index (χ0n) is 12.0. The number of aromatic nitrogens is 2. The fraction of sp³-hybridized carbons (Fsp3) is 0.615. The van der Waals surface area contributed by atoms with Crippen LogP contribution in [0.4, 0.5) is 0 Å². The van der Waals surface area contributed by atoms with Crippen molar-refractivity contribution in [3.05, 3.63) is 27.2 Å². The molecule has 0 saturated heterocycles. The van der Waals surface area contributed by atoms with E-state index in [1.807, 2.05) is 6.92 Å². The highest BCUT2D eigenvalue weighted by Gasteiger charge is 2.21. The van der Waals surface area contributed by atoms with Gasteiger partial charge in [-0.25, -0.2) is 4.68 Å². The second-order valence-corrected chi connectivity index (χ2v) is 4.94. The van der Waals surface area contributed by atoms with Gasteiger partial charge in [-0.05, 0) is 32.3 Å². The first kappa shape index (κ1) is 15.4. The van der Waals surface area contributed by atoms with Crippen LogP contribution < -0.4 is 10.9 Å². The molecule has 0 bridgehead atoms. The van der Waals surface area contributed by atoms with Crippen molar-refractivity contribution in [2.45, 2.75) is 33.7 Å². The molecule has 1 aromatic heterocycles. The number of aryl methyl sites for hydroxylation is 2. The maximum Gasteiger partial charge on any atom is 0.279 e. The quantitative estimate of drug-likeness (QED) is 0.813. The van der Waals surface area contributed by atoms with Crippen LogP contribution in [0, 0.1) is 19.8 Å². The van der Waals surface area contributed by atoms with Gasteiger partial charge in [0.25, 0.3) is 11.5 Å². The SMILES string of the molecule is Cc1nn(C)c(=O)c(C(=O)NC(C)C(C)CO)c1C. The van der Waals surface area contributed by atoms with Gasteiger partial charge in [0.05, 0.1) is 5.69 Å².